The molecule has 1 aliphatic rings. The Kier molecular flexibility index (Phi) is 11.1. The van der Waals surface area contributed by atoms with Crippen LogP contribution in [-0.2, 0) is 36.6 Å². The first kappa shape index (κ1) is 41.1. The molecular formula is C45H39NO10S3. The molecule has 6 aromatic carbocycles. The lowest BCUT2D eigenvalue weighted by atomic mass is 9.90. The molecule has 0 aromatic heterocycles. The molecule has 0 spiro atoms. The maximum atomic E-state index is 14.1. The van der Waals surface area contributed by atoms with Gasteiger partial charge in [0.2, 0.25) is 15.1 Å². The fourth-order valence-corrected chi connectivity index (χ4v) is 12.3. The number of aryl methyl sites for hydroxylation is 4. The summed E-state index contributed by atoms with van der Waals surface area (Å²) in [6, 6.07) is 33.6. The maximum Gasteiger partial charge on any atom is 0.335 e. The molecule has 0 aliphatic carbocycles. The largest absolute Gasteiger partial charge is 0.478 e. The molecule has 0 saturated heterocycles. The molecule has 0 atom stereocenters. The van der Waals surface area contributed by atoms with Crippen molar-refractivity contribution in [3.05, 3.63) is 187 Å². The van der Waals surface area contributed by atoms with E-state index in [1.807, 2.05) is 74.5 Å². The van der Waals surface area contributed by atoms with Crippen LogP contribution in [0.1, 0.15) is 60.4 Å². The lowest BCUT2D eigenvalue weighted by molar-refractivity contribution is 0.0696. The van der Waals surface area contributed by atoms with Crippen molar-refractivity contribution >= 4 is 47.8 Å². The number of sulfonamides is 2. The van der Waals surface area contributed by atoms with E-state index < -0.39 is 46.1 Å². The van der Waals surface area contributed by atoms with Crippen molar-refractivity contribution < 1.29 is 44.1 Å². The average Bonchev–Trinajstić information content (AvgIpc) is 3.16. The highest BCUT2D eigenvalue weighted by atomic mass is 32.3. The summed E-state index contributed by atoms with van der Waals surface area (Å²) in [5, 5.41) is 8.74. The Hall–Kier alpha value is -6.06. The first-order valence-corrected chi connectivity index (χ1v) is 23.0. The highest BCUT2D eigenvalue weighted by molar-refractivity contribution is 8.11. The van der Waals surface area contributed by atoms with E-state index in [-0.39, 0.29) is 16.9 Å². The Balaban J connectivity index is 1.31. The summed E-state index contributed by atoms with van der Waals surface area (Å²) in [7, 11) is -15.0. The lowest BCUT2D eigenvalue weighted by Crippen LogP contribution is -2.36. The van der Waals surface area contributed by atoms with Crippen LogP contribution in [0.3, 0.4) is 0 Å². The van der Waals surface area contributed by atoms with Gasteiger partial charge in [-0.25, -0.2) is 21.6 Å². The van der Waals surface area contributed by atoms with E-state index in [1.54, 1.807) is 16.3 Å². The van der Waals surface area contributed by atoms with Crippen molar-refractivity contribution in [2.45, 2.75) is 39.0 Å². The number of carbonyl (C=O) groups is 1. The van der Waals surface area contributed by atoms with Crippen LogP contribution in [0.15, 0.2) is 126 Å². The summed E-state index contributed by atoms with van der Waals surface area (Å²) >= 11 is 0. The summed E-state index contributed by atoms with van der Waals surface area (Å²) < 4.78 is 93.5. The standard InChI is InChI=1S/C45H39NO10S3/c1-28-9-7-10-29(2)39(28)23-32-15-21-36-41(25-32)55-42-26-33(24-40-30(3)11-8-12-31(40)4)16-22-37(42)44(36)38-13-5-6-14-43(38)59(53,54)46-57(49,50)27-58(51,52)56-35-19-17-34(18-20-35)45(47)48/h5-23,25-26,46H,24,27H2,1-4H3,(H,47,48)/b32-23+. The number of benzene rings is 6. The van der Waals surface area contributed by atoms with Crippen LogP contribution in [0.5, 0.6) is 17.2 Å². The van der Waals surface area contributed by atoms with E-state index in [0.29, 0.717) is 34.3 Å². The van der Waals surface area contributed by atoms with Gasteiger partial charge in [-0.15, -0.1) is 4.13 Å². The Morgan fingerprint density at radius 2 is 1.34 bits per heavy atom. The molecule has 0 amide bonds. The number of aromatic carboxylic acids is 1. The normalized spacial score (nSPS) is 13.0. The van der Waals surface area contributed by atoms with E-state index in [9.17, 15) is 30.0 Å². The van der Waals surface area contributed by atoms with Gasteiger partial charge in [-0.2, -0.15) is 8.42 Å². The molecule has 1 heterocycles. The van der Waals surface area contributed by atoms with E-state index in [4.69, 9.17) is 14.0 Å². The second-order valence-corrected chi connectivity index (χ2v) is 19.9. The van der Waals surface area contributed by atoms with E-state index in [0.717, 1.165) is 62.9 Å². The number of fused-ring (bicyclic) bond motifs is 2. The molecule has 2 N–H and O–H groups in total. The predicted molar refractivity (Wildman–Crippen MR) is 226 cm³/mol. The number of rotatable bonds is 12. The first-order chi connectivity index (χ1) is 27.9. The molecule has 0 unspecified atom stereocenters. The van der Waals surface area contributed by atoms with Crippen LogP contribution < -0.4 is 23.5 Å². The lowest BCUT2D eigenvalue weighted by Gasteiger charge is -2.23. The molecule has 0 bridgehead atoms. The first-order valence-electron chi connectivity index (χ1n) is 18.3. The van der Waals surface area contributed by atoms with Gasteiger partial charge >= 0.3 is 16.1 Å². The quantitative estimate of drug-likeness (QED) is 0.132. The molecule has 0 radical (unpaired) electrons. The molecule has 7 rings (SSSR count). The summed E-state index contributed by atoms with van der Waals surface area (Å²) in [6.07, 6.45) is 2.67. The SMILES string of the molecule is Cc1cccc(C)c1/C=c1\ccc2c(c1)Oc1cc(Cc3c(C)cccc3C)ccc1C=2c1ccccc1S(=O)(=O)NS(=O)(=O)CS(=O)(=O)Oc1ccc(C(=O)O)cc1. The molecule has 14 heteroatoms. The number of hydrogen-bond donors (Lipinski definition) is 2. The van der Waals surface area contributed by atoms with Crippen LogP contribution in [-0.4, -0.2) is 41.4 Å². The summed E-state index contributed by atoms with van der Waals surface area (Å²) in [6.45, 7) is 8.18. The highest BCUT2D eigenvalue weighted by Gasteiger charge is 2.33. The molecule has 0 fully saturated rings. The topological polar surface area (TPSA) is 170 Å². The van der Waals surface area contributed by atoms with Crippen molar-refractivity contribution in [3.63, 3.8) is 0 Å². The van der Waals surface area contributed by atoms with Crippen LogP contribution >= 0.6 is 0 Å². The van der Waals surface area contributed by atoms with Gasteiger partial charge in [-0.1, -0.05) is 72.8 Å². The van der Waals surface area contributed by atoms with Gasteiger partial charge in [-0.3, -0.25) is 0 Å². The minimum absolute atomic E-state index is 0.146. The van der Waals surface area contributed by atoms with Crippen molar-refractivity contribution in [2.75, 3.05) is 5.08 Å². The molecule has 0 saturated carbocycles. The second kappa shape index (κ2) is 15.9. The smallest absolute Gasteiger partial charge is 0.335 e. The van der Waals surface area contributed by atoms with Gasteiger partial charge in [-0.05, 0) is 133 Å². The molecule has 1 aliphatic heterocycles. The Morgan fingerprint density at radius 3 is 2.00 bits per heavy atom. The number of carboxylic acids is 1. The van der Waals surface area contributed by atoms with E-state index in [1.165, 1.54) is 17.7 Å². The fraction of sp³-hybridized carbons (Fsp3) is 0.133. The molecular weight excluding hydrogens is 811 g/mol. The van der Waals surface area contributed by atoms with E-state index in [2.05, 4.69) is 32.1 Å². The Labute approximate surface area is 343 Å². The molecule has 6 aromatic rings. The molecule has 11 nitrogen and oxygen atoms in total. The maximum absolute atomic E-state index is 14.1. The second-order valence-electron chi connectivity index (χ2n) is 14.3. The van der Waals surface area contributed by atoms with Gasteiger partial charge in [0.1, 0.15) is 17.2 Å². The third-order valence-electron chi connectivity index (χ3n) is 10.00. The Bertz CT molecular complexity index is 3100. The minimum Gasteiger partial charge on any atom is -0.478 e. The fourth-order valence-electron chi connectivity index (χ4n) is 7.15. The van der Waals surface area contributed by atoms with Gasteiger partial charge < -0.3 is 14.0 Å². The van der Waals surface area contributed by atoms with Gasteiger partial charge in [0.25, 0.3) is 10.0 Å². The van der Waals surface area contributed by atoms with Crippen molar-refractivity contribution in [2.24, 2.45) is 0 Å². The average molecular weight is 850 g/mol. The molecule has 59 heavy (non-hydrogen) atoms. The molecule has 302 valence electrons. The van der Waals surface area contributed by atoms with Crippen molar-refractivity contribution in [3.8, 4) is 17.2 Å². The number of hydrogen-bond acceptors (Lipinski definition) is 9. The zero-order chi connectivity index (χ0) is 42.3. The van der Waals surface area contributed by atoms with Crippen LogP contribution in [0, 0.1) is 27.7 Å². The van der Waals surface area contributed by atoms with Gasteiger partial charge in [0.05, 0.1) is 10.5 Å². The van der Waals surface area contributed by atoms with Crippen LogP contribution in [0.25, 0.3) is 11.6 Å². The van der Waals surface area contributed by atoms with Crippen LogP contribution in [0.4, 0.5) is 0 Å². The third-order valence-corrected chi connectivity index (χ3v) is 15.7. The van der Waals surface area contributed by atoms with Crippen molar-refractivity contribution in [1.82, 2.24) is 4.13 Å². The Morgan fingerprint density at radius 1 is 0.695 bits per heavy atom. The van der Waals surface area contributed by atoms with Crippen LogP contribution in [0.2, 0.25) is 0 Å². The predicted octanol–water partition coefficient (Wildman–Crippen LogP) is 6.37. The van der Waals surface area contributed by atoms with Crippen molar-refractivity contribution in [1.29, 1.82) is 0 Å². The number of carboxylic acid groups (broad SMARTS) is 1. The minimum atomic E-state index is -5.12. The number of nitrogens with one attached hydrogen (secondary N) is 1. The summed E-state index contributed by atoms with van der Waals surface area (Å²) in [5.41, 5.74) is 8.65. The summed E-state index contributed by atoms with van der Waals surface area (Å²) in [5.74, 6) is -0.715. The zero-order valence-electron chi connectivity index (χ0n) is 32.4. The highest BCUT2D eigenvalue weighted by Crippen LogP contribution is 2.39. The van der Waals surface area contributed by atoms with Gasteiger partial charge in [0.15, 0.2) is 0 Å². The monoisotopic (exact) mass is 849 g/mol. The van der Waals surface area contributed by atoms with Gasteiger partial charge in [0, 0.05) is 21.9 Å². The zero-order valence-corrected chi connectivity index (χ0v) is 34.8. The summed E-state index contributed by atoms with van der Waals surface area (Å²) in [4.78, 5) is 10.7. The van der Waals surface area contributed by atoms with E-state index >= 15 is 0 Å². The third kappa shape index (κ3) is 9.00. The number of ether oxygens (including phenoxy) is 1.